The van der Waals surface area contributed by atoms with Crippen molar-refractivity contribution in [2.24, 2.45) is 0 Å². The van der Waals surface area contributed by atoms with Gasteiger partial charge in [-0.15, -0.1) is 0 Å². The molecular formula is C8H15O6P. The van der Waals surface area contributed by atoms with Crippen LogP contribution in [0.3, 0.4) is 0 Å². The molecule has 0 atom stereocenters. The molecule has 0 aromatic rings. The molecule has 0 bridgehead atoms. The predicted molar refractivity (Wildman–Crippen MR) is 52.2 cm³/mol. The Kier molecular flexibility index (Phi) is 4.60. The fourth-order valence-corrected chi connectivity index (χ4v) is 1.88. The zero-order valence-electron chi connectivity index (χ0n) is 9.02. The maximum absolute atomic E-state index is 11.7. The summed E-state index contributed by atoms with van der Waals surface area (Å²) in [5, 5.41) is 0. The molecule has 0 radical (unpaired) electrons. The van der Waals surface area contributed by atoms with Gasteiger partial charge in [0.25, 0.3) is 0 Å². The van der Waals surface area contributed by atoms with Crippen LogP contribution in [-0.4, -0.2) is 34.5 Å². The van der Waals surface area contributed by atoms with Crippen LogP contribution in [0.2, 0.25) is 0 Å². The molecule has 0 amide bonds. The van der Waals surface area contributed by atoms with E-state index in [2.05, 4.69) is 9.05 Å². The van der Waals surface area contributed by atoms with E-state index in [0.29, 0.717) is 24.5 Å². The summed E-state index contributed by atoms with van der Waals surface area (Å²) in [5.74, 6) is 0.996. The first-order valence-electron chi connectivity index (χ1n) is 4.40. The molecule has 1 rings (SSSR count). The van der Waals surface area contributed by atoms with E-state index < -0.39 is 7.82 Å². The molecule has 0 saturated heterocycles. The fraction of sp³-hybridized carbons (Fsp3) is 0.750. The standard InChI is InChI=1S/C8H15O6P/c1-10-6-8-7(4-5-13-8)14-15(9,11-2)12-3/h4-6H2,1-3H3. The van der Waals surface area contributed by atoms with Gasteiger partial charge in [-0.25, -0.2) is 4.57 Å². The summed E-state index contributed by atoms with van der Waals surface area (Å²) < 4.78 is 36.3. The summed E-state index contributed by atoms with van der Waals surface area (Å²) in [7, 11) is 0.577. The minimum absolute atomic E-state index is 0.281. The lowest BCUT2D eigenvalue weighted by Crippen LogP contribution is -2.00. The largest absolute Gasteiger partial charge is 0.529 e. The van der Waals surface area contributed by atoms with Crippen LogP contribution in [-0.2, 0) is 27.6 Å². The Morgan fingerprint density at radius 3 is 2.53 bits per heavy atom. The van der Waals surface area contributed by atoms with E-state index in [0.717, 1.165) is 0 Å². The van der Waals surface area contributed by atoms with Crippen molar-refractivity contribution in [3.63, 3.8) is 0 Å². The number of phosphoric ester groups is 1. The molecule has 0 aromatic heterocycles. The van der Waals surface area contributed by atoms with E-state index in [1.54, 1.807) is 7.11 Å². The van der Waals surface area contributed by atoms with Crippen molar-refractivity contribution in [1.82, 2.24) is 0 Å². The van der Waals surface area contributed by atoms with Crippen molar-refractivity contribution in [2.45, 2.75) is 6.42 Å². The van der Waals surface area contributed by atoms with Gasteiger partial charge in [0.1, 0.15) is 6.61 Å². The van der Waals surface area contributed by atoms with Gasteiger partial charge in [-0.1, -0.05) is 0 Å². The third kappa shape index (κ3) is 3.21. The van der Waals surface area contributed by atoms with E-state index in [9.17, 15) is 4.57 Å². The Labute approximate surface area is 88.7 Å². The van der Waals surface area contributed by atoms with Crippen LogP contribution in [0.1, 0.15) is 6.42 Å². The average Bonchev–Trinajstić information content (AvgIpc) is 2.66. The summed E-state index contributed by atoms with van der Waals surface area (Å²) in [4.78, 5) is 0. The number of ether oxygens (including phenoxy) is 2. The van der Waals surface area contributed by atoms with Gasteiger partial charge in [0.2, 0.25) is 0 Å². The van der Waals surface area contributed by atoms with Gasteiger partial charge in [-0.2, -0.15) is 0 Å². The highest BCUT2D eigenvalue weighted by Crippen LogP contribution is 2.51. The number of hydrogen-bond donors (Lipinski definition) is 0. The molecule has 0 unspecified atom stereocenters. The van der Waals surface area contributed by atoms with Gasteiger partial charge in [0.05, 0.1) is 6.61 Å². The molecular weight excluding hydrogens is 223 g/mol. The molecule has 15 heavy (non-hydrogen) atoms. The smallest absolute Gasteiger partial charge is 0.491 e. The van der Waals surface area contributed by atoms with Crippen molar-refractivity contribution in [1.29, 1.82) is 0 Å². The molecule has 0 spiro atoms. The molecule has 0 aromatic carbocycles. The highest BCUT2D eigenvalue weighted by molar-refractivity contribution is 7.48. The molecule has 7 heteroatoms. The lowest BCUT2D eigenvalue weighted by molar-refractivity contribution is 0.141. The van der Waals surface area contributed by atoms with E-state index in [1.807, 2.05) is 0 Å². The van der Waals surface area contributed by atoms with Crippen molar-refractivity contribution < 1.29 is 27.6 Å². The first kappa shape index (κ1) is 12.5. The highest BCUT2D eigenvalue weighted by atomic mass is 31.2. The first-order chi connectivity index (χ1) is 7.15. The topological polar surface area (TPSA) is 63.2 Å². The first-order valence-corrected chi connectivity index (χ1v) is 5.86. The Hall–Kier alpha value is -0.550. The third-order valence-corrected chi connectivity index (χ3v) is 3.20. The summed E-state index contributed by atoms with van der Waals surface area (Å²) >= 11 is 0. The second kappa shape index (κ2) is 5.51. The Balaban J connectivity index is 2.70. The van der Waals surface area contributed by atoms with E-state index in [1.165, 1.54) is 14.2 Å². The zero-order valence-corrected chi connectivity index (χ0v) is 9.91. The molecule has 1 aliphatic heterocycles. The third-order valence-electron chi connectivity index (χ3n) is 1.86. The van der Waals surface area contributed by atoms with Crippen molar-refractivity contribution in [2.75, 3.05) is 34.5 Å². The van der Waals surface area contributed by atoms with Gasteiger partial charge in [-0.3, -0.25) is 9.05 Å². The minimum Gasteiger partial charge on any atom is -0.491 e. The van der Waals surface area contributed by atoms with Gasteiger partial charge in [0, 0.05) is 27.8 Å². The van der Waals surface area contributed by atoms with Crippen molar-refractivity contribution in [3.8, 4) is 0 Å². The predicted octanol–water partition coefficient (Wildman–Crippen LogP) is 1.68. The highest BCUT2D eigenvalue weighted by Gasteiger charge is 2.30. The maximum Gasteiger partial charge on any atom is 0.529 e. The number of phosphoric acid groups is 1. The van der Waals surface area contributed by atoms with Gasteiger partial charge in [-0.05, 0) is 0 Å². The molecule has 6 nitrogen and oxygen atoms in total. The monoisotopic (exact) mass is 238 g/mol. The quantitative estimate of drug-likeness (QED) is 0.656. The van der Waals surface area contributed by atoms with Gasteiger partial charge in [0.15, 0.2) is 11.5 Å². The normalized spacial score (nSPS) is 16.7. The van der Waals surface area contributed by atoms with Crippen molar-refractivity contribution in [3.05, 3.63) is 11.5 Å². The summed E-state index contributed by atoms with van der Waals surface area (Å²) in [5.41, 5.74) is 0. The van der Waals surface area contributed by atoms with Crippen LogP contribution in [0.5, 0.6) is 0 Å². The Morgan fingerprint density at radius 2 is 2.00 bits per heavy atom. The van der Waals surface area contributed by atoms with Crippen LogP contribution in [0.25, 0.3) is 0 Å². The molecule has 0 N–H and O–H groups in total. The van der Waals surface area contributed by atoms with Crippen molar-refractivity contribution >= 4 is 7.82 Å². The second-order valence-electron chi connectivity index (χ2n) is 2.78. The lowest BCUT2D eigenvalue weighted by atomic mass is 10.4. The minimum atomic E-state index is -3.48. The van der Waals surface area contributed by atoms with E-state index in [4.69, 9.17) is 14.0 Å². The second-order valence-corrected chi connectivity index (χ2v) is 4.59. The number of hydrogen-bond acceptors (Lipinski definition) is 6. The van der Waals surface area contributed by atoms with E-state index >= 15 is 0 Å². The fourth-order valence-electron chi connectivity index (χ4n) is 1.12. The number of rotatable bonds is 6. The SMILES string of the molecule is COCC1=C(OP(=O)(OC)OC)CCO1. The van der Waals surface area contributed by atoms with Gasteiger partial charge < -0.3 is 14.0 Å². The molecule has 0 fully saturated rings. The van der Waals surface area contributed by atoms with Crippen LogP contribution in [0.4, 0.5) is 0 Å². The zero-order chi connectivity index (χ0) is 11.3. The van der Waals surface area contributed by atoms with Crippen LogP contribution >= 0.6 is 7.82 Å². The lowest BCUT2D eigenvalue weighted by Gasteiger charge is -2.14. The van der Waals surface area contributed by atoms with Crippen LogP contribution in [0.15, 0.2) is 11.5 Å². The van der Waals surface area contributed by atoms with Gasteiger partial charge >= 0.3 is 7.82 Å². The molecule has 0 saturated carbocycles. The molecule has 1 heterocycles. The molecule has 88 valence electrons. The average molecular weight is 238 g/mol. The Morgan fingerprint density at radius 1 is 1.33 bits per heavy atom. The van der Waals surface area contributed by atoms with E-state index in [-0.39, 0.29) is 6.61 Å². The number of methoxy groups -OCH3 is 1. The molecule has 0 aliphatic carbocycles. The Bertz CT molecular complexity index is 279. The molecule has 1 aliphatic rings. The van der Waals surface area contributed by atoms with Crippen LogP contribution in [0, 0.1) is 0 Å². The summed E-state index contributed by atoms with van der Waals surface area (Å²) in [6.07, 6.45) is 0.537. The maximum atomic E-state index is 11.7. The van der Waals surface area contributed by atoms with Crippen LogP contribution < -0.4 is 0 Å². The summed E-state index contributed by atoms with van der Waals surface area (Å²) in [6.45, 7) is 0.768. The summed E-state index contributed by atoms with van der Waals surface area (Å²) in [6, 6.07) is 0.